The van der Waals surface area contributed by atoms with Crippen molar-refractivity contribution in [2.75, 3.05) is 4.90 Å². The van der Waals surface area contributed by atoms with Crippen molar-refractivity contribution in [1.82, 2.24) is 5.06 Å². The first-order valence-corrected chi connectivity index (χ1v) is 8.27. The van der Waals surface area contributed by atoms with Gasteiger partial charge in [0.1, 0.15) is 0 Å². The monoisotopic (exact) mass is 392 g/mol. The minimum Gasteiger partial charge on any atom is -0.459 e. The summed E-state index contributed by atoms with van der Waals surface area (Å²) in [6.45, 7) is 5.26. The lowest BCUT2D eigenvalue weighted by Crippen LogP contribution is -2.79. The van der Waals surface area contributed by atoms with Crippen molar-refractivity contribution in [3.63, 3.8) is 0 Å². The van der Waals surface area contributed by atoms with E-state index >= 15 is 0 Å². The van der Waals surface area contributed by atoms with Crippen LogP contribution in [0.2, 0.25) is 0 Å². The topological polar surface area (TPSA) is 114 Å². The summed E-state index contributed by atoms with van der Waals surface area (Å²) in [7, 11) is 0. The van der Waals surface area contributed by atoms with Crippen LogP contribution in [-0.2, 0) is 4.74 Å². The molecule has 4 N–H and O–H groups in total. The Morgan fingerprint density at radius 2 is 1.92 bits per heavy atom. The molecule has 0 aromatic heterocycles. The number of rotatable bonds is 3. The molecular formula is C16H22ClFN2O6. The van der Waals surface area contributed by atoms with Gasteiger partial charge in [-0.2, -0.15) is 0 Å². The molecule has 0 amide bonds. The summed E-state index contributed by atoms with van der Waals surface area (Å²) in [6.07, 6.45) is -0.388. The third-order valence-electron chi connectivity index (χ3n) is 4.35. The van der Waals surface area contributed by atoms with Crippen LogP contribution >= 0.6 is 11.6 Å². The molecule has 2 rings (SSSR count). The minimum absolute atomic E-state index is 0.0326. The molecule has 1 aromatic rings. The van der Waals surface area contributed by atoms with Crippen molar-refractivity contribution < 1.29 is 34.4 Å². The Hall–Kier alpha value is -1.49. The quantitative estimate of drug-likeness (QED) is 0.265. The molecule has 0 aliphatic carbocycles. The Morgan fingerprint density at radius 1 is 1.35 bits per heavy atom. The van der Waals surface area contributed by atoms with E-state index in [2.05, 4.69) is 0 Å². The fourth-order valence-corrected chi connectivity index (χ4v) is 3.11. The lowest BCUT2D eigenvalue weighted by atomic mass is 9.92. The van der Waals surface area contributed by atoms with Crippen LogP contribution in [0.1, 0.15) is 38.1 Å². The highest BCUT2D eigenvalue weighted by Crippen LogP contribution is 2.49. The Bertz CT molecular complexity index is 673. The molecule has 26 heavy (non-hydrogen) atoms. The van der Waals surface area contributed by atoms with Gasteiger partial charge in [0.2, 0.25) is 0 Å². The van der Waals surface area contributed by atoms with Crippen molar-refractivity contribution in [3.8, 4) is 0 Å². The minimum atomic E-state index is -3.06. The Kier molecular flexibility index (Phi) is 5.28. The molecule has 1 fully saturated rings. The average molecular weight is 393 g/mol. The number of carbonyl (C=O) groups excluding carboxylic acids is 1. The fourth-order valence-electron chi connectivity index (χ4n) is 2.72. The van der Waals surface area contributed by atoms with Gasteiger partial charge in [0.05, 0.1) is 17.6 Å². The second-order valence-corrected chi connectivity index (χ2v) is 7.15. The van der Waals surface area contributed by atoms with Crippen LogP contribution in [-0.4, -0.2) is 54.7 Å². The van der Waals surface area contributed by atoms with Crippen LogP contribution in [0.15, 0.2) is 24.3 Å². The van der Waals surface area contributed by atoms with E-state index in [0.717, 1.165) is 13.8 Å². The first-order valence-electron chi connectivity index (χ1n) is 7.89. The van der Waals surface area contributed by atoms with Gasteiger partial charge in [-0.1, -0.05) is 18.1 Å². The molecule has 0 saturated carbocycles. The maximum absolute atomic E-state index is 14.7. The highest BCUT2D eigenvalue weighted by Gasteiger charge is 2.67. The van der Waals surface area contributed by atoms with E-state index in [-0.39, 0.29) is 22.4 Å². The molecule has 3 atom stereocenters. The standard InChI is InChI=1S/C16H22ClFN2O6/c1-9(2)26-13(21)11-6-5-7-12(8-11)19-15(22,23)10(3)14(4,18)20(25)16(19,17)24/h5-10,22-25H,1-4H3. The number of anilines is 1. The second kappa shape index (κ2) is 6.59. The van der Waals surface area contributed by atoms with Crippen LogP contribution in [0.25, 0.3) is 0 Å². The van der Waals surface area contributed by atoms with Gasteiger partial charge in [-0.3, -0.25) is 4.90 Å². The number of ether oxygens (including phenoxy) is 1. The molecule has 1 aromatic carbocycles. The van der Waals surface area contributed by atoms with E-state index in [0.29, 0.717) is 4.90 Å². The molecule has 8 nitrogen and oxygen atoms in total. The first-order chi connectivity index (χ1) is 11.7. The molecule has 0 bridgehead atoms. The van der Waals surface area contributed by atoms with Crippen LogP contribution in [0.3, 0.4) is 0 Å². The number of halogens is 2. The van der Waals surface area contributed by atoms with Gasteiger partial charge in [0.25, 0.3) is 5.91 Å². The molecule has 10 heteroatoms. The van der Waals surface area contributed by atoms with Crippen LogP contribution < -0.4 is 4.90 Å². The fraction of sp³-hybridized carbons (Fsp3) is 0.562. The third-order valence-corrected chi connectivity index (χ3v) is 4.68. The number of aliphatic hydroxyl groups is 3. The highest BCUT2D eigenvalue weighted by atomic mass is 35.5. The number of hydroxylamine groups is 2. The molecular weight excluding hydrogens is 371 g/mol. The van der Waals surface area contributed by atoms with Crippen molar-refractivity contribution in [1.29, 1.82) is 0 Å². The summed E-state index contributed by atoms with van der Waals surface area (Å²) < 4.78 is 19.8. The molecule has 1 aliphatic heterocycles. The van der Waals surface area contributed by atoms with Gasteiger partial charge in [0.15, 0.2) is 5.79 Å². The molecule has 146 valence electrons. The van der Waals surface area contributed by atoms with Crippen LogP contribution in [0.4, 0.5) is 10.1 Å². The van der Waals surface area contributed by atoms with Gasteiger partial charge in [0, 0.05) is 5.69 Å². The van der Waals surface area contributed by atoms with Crippen molar-refractivity contribution in [2.45, 2.75) is 50.8 Å². The molecule has 1 aliphatic rings. The Morgan fingerprint density at radius 3 is 2.46 bits per heavy atom. The van der Waals surface area contributed by atoms with E-state index < -0.39 is 28.9 Å². The summed E-state index contributed by atoms with van der Waals surface area (Å²) in [5.74, 6) is -8.10. The largest absolute Gasteiger partial charge is 0.459 e. The normalized spacial score (nSPS) is 32.0. The predicted molar refractivity (Wildman–Crippen MR) is 89.7 cm³/mol. The van der Waals surface area contributed by atoms with Gasteiger partial charge in [-0.25, -0.2) is 9.18 Å². The molecule has 1 heterocycles. The summed E-state index contributed by atoms with van der Waals surface area (Å²) in [5, 5.41) is 38.1. The van der Waals surface area contributed by atoms with Gasteiger partial charge in [-0.05, 0) is 50.6 Å². The van der Waals surface area contributed by atoms with Gasteiger partial charge < -0.3 is 25.3 Å². The molecule has 3 unspecified atom stereocenters. The highest BCUT2D eigenvalue weighted by molar-refractivity contribution is 6.23. The van der Waals surface area contributed by atoms with Crippen molar-refractivity contribution in [3.05, 3.63) is 29.8 Å². The Balaban J connectivity index is 2.54. The van der Waals surface area contributed by atoms with Gasteiger partial charge in [-0.15, -0.1) is 0 Å². The average Bonchev–Trinajstić information content (AvgIpc) is 2.51. The number of hydrogen-bond donors (Lipinski definition) is 4. The van der Waals surface area contributed by atoms with Gasteiger partial charge >= 0.3 is 11.3 Å². The van der Waals surface area contributed by atoms with E-state index in [1.807, 2.05) is 0 Å². The number of benzene rings is 1. The lowest BCUT2D eigenvalue weighted by molar-refractivity contribution is -0.398. The van der Waals surface area contributed by atoms with E-state index in [9.17, 15) is 29.7 Å². The zero-order chi connectivity index (χ0) is 20.1. The molecule has 1 saturated heterocycles. The summed E-state index contributed by atoms with van der Waals surface area (Å²) >= 11 is 5.85. The summed E-state index contributed by atoms with van der Waals surface area (Å²) in [4.78, 5) is 12.5. The third kappa shape index (κ3) is 3.26. The number of alkyl halides is 2. The lowest BCUT2D eigenvalue weighted by Gasteiger charge is -2.57. The number of esters is 1. The predicted octanol–water partition coefficient (Wildman–Crippen LogP) is 1.57. The maximum atomic E-state index is 14.7. The smallest absolute Gasteiger partial charge is 0.338 e. The SMILES string of the molecule is CC(C)OC(=O)c1cccc(N2C(O)(O)C(C)C(C)(F)N(O)C2(O)Cl)c1. The van der Waals surface area contributed by atoms with E-state index in [1.54, 1.807) is 13.8 Å². The van der Waals surface area contributed by atoms with E-state index in [1.165, 1.54) is 24.3 Å². The van der Waals surface area contributed by atoms with Crippen LogP contribution in [0.5, 0.6) is 0 Å². The number of carbonyl (C=O) groups is 1. The Labute approximate surface area is 154 Å². The zero-order valence-corrected chi connectivity index (χ0v) is 15.5. The molecule has 0 radical (unpaired) electrons. The first kappa shape index (κ1) is 20.8. The summed E-state index contributed by atoms with van der Waals surface area (Å²) in [6, 6.07) is 5.25. The van der Waals surface area contributed by atoms with Crippen molar-refractivity contribution in [2.24, 2.45) is 5.92 Å². The van der Waals surface area contributed by atoms with Crippen LogP contribution in [0, 0.1) is 5.92 Å². The second-order valence-electron chi connectivity index (χ2n) is 6.64. The number of hydrogen-bond acceptors (Lipinski definition) is 8. The summed E-state index contributed by atoms with van der Waals surface area (Å²) in [5.41, 5.74) is -0.128. The zero-order valence-electron chi connectivity index (χ0n) is 14.7. The molecule has 0 spiro atoms. The maximum Gasteiger partial charge on any atom is 0.338 e. The van der Waals surface area contributed by atoms with Crippen molar-refractivity contribution >= 4 is 23.3 Å². The number of nitrogens with zero attached hydrogens (tertiary/aromatic N) is 2. The van der Waals surface area contributed by atoms with E-state index in [4.69, 9.17) is 16.3 Å².